The Hall–Kier alpha value is -0.300. The first-order chi connectivity index (χ1) is 4.16. The van der Waals surface area contributed by atoms with Gasteiger partial charge in [-0.3, -0.25) is 0 Å². The van der Waals surface area contributed by atoms with E-state index in [1.165, 1.54) is 5.57 Å². The summed E-state index contributed by atoms with van der Waals surface area (Å²) in [5.41, 5.74) is 1.28. The van der Waals surface area contributed by atoms with Crippen LogP contribution in [0.25, 0.3) is 0 Å². The molecule has 0 spiro atoms. The lowest BCUT2D eigenvalue weighted by molar-refractivity contribution is 0.243. The molecule has 0 radical (unpaired) electrons. The fourth-order valence-electron chi connectivity index (χ4n) is 0.889. The molecule has 0 aromatic carbocycles. The van der Waals surface area contributed by atoms with Crippen molar-refractivity contribution in [2.45, 2.75) is 39.7 Å². The van der Waals surface area contributed by atoms with Gasteiger partial charge in [0.15, 0.2) is 0 Å². The predicted octanol–water partition coefficient (Wildman–Crippen LogP) is 2.11. The van der Waals surface area contributed by atoms with Crippen molar-refractivity contribution >= 4 is 0 Å². The van der Waals surface area contributed by atoms with Crippen LogP contribution in [-0.4, -0.2) is 11.2 Å². The third kappa shape index (κ3) is 5.57. The zero-order valence-electron chi connectivity index (χ0n) is 6.52. The van der Waals surface area contributed by atoms with Crippen LogP contribution in [0.2, 0.25) is 0 Å². The summed E-state index contributed by atoms with van der Waals surface area (Å²) < 4.78 is 0. The van der Waals surface area contributed by atoms with Crippen LogP contribution in [0.4, 0.5) is 0 Å². The Morgan fingerprint density at radius 1 is 1.67 bits per heavy atom. The van der Waals surface area contributed by atoms with E-state index in [0.717, 1.165) is 12.8 Å². The number of rotatable bonds is 3. The molecule has 0 aliphatic carbocycles. The van der Waals surface area contributed by atoms with E-state index in [1.807, 2.05) is 6.08 Å². The summed E-state index contributed by atoms with van der Waals surface area (Å²) >= 11 is 0. The Kier molecular flexibility index (Phi) is 4.41. The monoisotopic (exact) mass is 128 g/mol. The van der Waals surface area contributed by atoms with Gasteiger partial charge in [0.25, 0.3) is 0 Å². The third-order valence-corrected chi connectivity index (χ3v) is 1.17. The van der Waals surface area contributed by atoms with Crippen LogP contribution < -0.4 is 0 Å². The van der Waals surface area contributed by atoms with Crippen molar-refractivity contribution < 1.29 is 5.11 Å². The van der Waals surface area contributed by atoms with E-state index >= 15 is 0 Å². The minimum absolute atomic E-state index is 0.281. The summed E-state index contributed by atoms with van der Waals surface area (Å²) in [4.78, 5) is 0. The van der Waals surface area contributed by atoms with Crippen LogP contribution in [0.3, 0.4) is 0 Å². The van der Waals surface area contributed by atoms with E-state index < -0.39 is 0 Å². The maximum absolute atomic E-state index is 8.87. The molecule has 0 heterocycles. The molecule has 0 saturated heterocycles. The van der Waals surface area contributed by atoms with Crippen LogP contribution in [0, 0.1) is 0 Å². The maximum Gasteiger partial charge on any atom is 0.0695 e. The Bertz CT molecular complexity index is 92.7. The van der Waals surface area contributed by atoms with E-state index in [1.54, 1.807) is 6.92 Å². The summed E-state index contributed by atoms with van der Waals surface area (Å²) in [6.45, 7) is 5.97. The first kappa shape index (κ1) is 8.70. The second-order valence-electron chi connectivity index (χ2n) is 2.50. The van der Waals surface area contributed by atoms with Crippen LogP contribution >= 0.6 is 0 Å². The highest BCUT2D eigenvalue weighted by molar-refractivity contribution is 5.00. The highest BCUT2D eigenvalue weighted by Crippen LogP contribution is 2.03. The van der Waals surface area contributed by atoms with Crippen molar-refractivity contribution in [3.8, 4) is 0 Å². The van der Waals surface area contributed by atoms with Gasteiger partial charge in [0.2, 0.25) is 0 Å². The molecule has 0 aliphatic rings. The van der Waals surface area contributed by atoms with Crippen LogP contribution in [-0.2, 0) is 0 Å². The molecule has 1 nitrogen and oxygen atoms in total. The molecule has 1 unspecified atom stereocenters. The van der Waals surface area contributed by atoms with Gasteiger partial charge in [0.1, 0.15) is 0 Å². The highest BCUT2D eigenvalue weighted by atomic mass is 16.3. The third-order valence-electron chi connectivity index (χ3n) is 1.17. The highest BCUT2D eigenvalue weighted by Gasteiger charge is 1.90. The molecular weight excluding hydrogens is 112 g/mol. The molecule has 0 fully saturated rings. The molecule has 0 saturated carbocycles. The van der Waals surface area contributed by atoms with Gasteiger partial charge in [-0.05, 0) is 20.3 Å². The van der Waals surface area contributed by atoms with Crippen LogP contribution in [0.1, 0.15) is 33.6 Å². The Morgan fingerprint density at radius 3 is 2.56 bits per heavy atom. The molecule has 0 rings (SSSR count). The second kappa shape index (κ2) is 4.57. The Labute approximate surface area is 57.4 Å². The van der Waals surface area contributed by atoms with Gasteiger partial charge < -0.3 is 5.11 Å². The Morgan fingerprint density at radius 2 is 2.22 bits per heavy atom. The number of aliphatic hydroxyl groups is 1. The standard InChI is InChI=1S/C8H16O/c1-4-5-7(2)6-8(3)9/h6,8-9H,4-5H2,1-3H3/b7-6+. The summed E-state index contributed by atoms with van der Waals surface area (Å²) in [7, 11) is 0. The fraction of sp³-hybridized carbons (Fsp3) is 0.750. The Balaban J connectivity index is 3.55. The quantitative estimate of drug-likeness (QED) is 0.577. The van der Waals surface area contributed by atoms with E-state index in [-0.39, 0.29) is 6.10 Å². The first-order valence-corrected chi connectivity index (χ1v) is 3.52. The van der Waals surface area contributed by atoms with Crippen molar-refractivity contribution in [3.05, 3.63) is 11.6 Å². The smallest absolute Gasteiger partial charge is 0.0695 e. The summed E-state index contributed by atoms with van der Waals surface area (Å²) in [6.07, 6.45) is 3.88. The lowest BCUT2D eigenvalue weighted by Gasteiger charge is -1.99. The topological polar surface area (TPSA) is 20.2 Å². The molecular formula is C8H16O. The molecule has 1 atom stereocenters. The molecule has 0 aliphatic heterocycles. The van der Waals surface area contributed by atoms with Gasteiger partial charge in [0.05, 0.1) is 6.10 Å². The van der Waals surface area contributed by atoms with Gasteiger partial charge in [-0.2, -0.15) is 0 Å². The van der Waals surface area contributed by atoms with Crippen molar-refractivity contribution in [1.82, 2.24) is 0 Å². The molecule has 1 N–H and O–H groups in total. The van der Waals surface area contributed by atoms with Crippen LogP contribution in [0.15, 0.2) is 11.6 Å². The number of allylic oxidation sites excluding steroid dienone is 1. The second-order valence-corrected chi connectivity index (χ2v) is 2.50. The number of aliphatic hydroxyl groups excluding tert-OH is 1. The average Bonchev–Trinajstić information content (AvgIpc) is 1.63. The van der Waals surface area contributed by atoms with E-state index in [9.17, 15) is 0 Å². The summed E-state index contributed by atoms with van der Waals surface area (Å²) in [5, 5.41) is 8.87. The summed E-state index contributed by atoms with van der Waals surface area (Å²) in [5.74, 6) is 0. The van der Waals surface area contributed by atoms with E-state index in [4.69, 9.17) is 5.11 Å². The summed E-state index contributed by atoms with van der Waals surface area (Å²) in [6, 6.07) is 0. The van der Waals surface area contributed by atoms with Gasteiger partial charge in [-0.1, -0.05) is 25.0 Å². The van der Waals surface area contributed by atoms with Gasteiger partial charge in [0, 0.05) is 0 Å². The molecule has 9 heavy (non-hydrogen) atoms. The first-order valence-electron chi connectivity index (χ1n) is 3.52. The molecule has 1 heteroatoms. The van der Waals surface area contributed by atoms with Crippen LogP contribution in [0.5, 0.6) is 0 Å². The molecule has 0 bridgehead atoms. The van der Waals surface area contributed by atoms with Crippen molar-refractivity contribution in [1.29, 1.82) is 0 Å². The van der Waals surface area contributed by atoms with Crippen molar-refractivity contribution in [2.24, 2.45) is 0 Å². The molecule has 0 aromatic rings. The number of hydrogen-bond acceptors (Lipinski definition) is 1. The largest absolute Gasteiger partial charge is 0.389 e. The van der Waals surface area contributed by atoms with Crippen molar-refractivity contribution in [3.63, 3.8) is 0 Å². The van der Waals surface area contributed by atoms with E-state index in [2.05, 4.69) is 13.8 Å². The minimum atomic E-state index is -0.281. The lowest BCUT2D eigenvalue weighted by atomic mass is 10.1. The lowest BCUT2D eigenvalue weighted by Crippen LogP contribution is -1.94. The zero-order valence-corrected chi connectivity index (χ0v) is 6.52. The van der Waals surface area contributed by atoms with Gasteiger partial charge >= 0.3 is 0 Å². The SMILES string of the molecule is CCC/C(C)=C/C(C)O. The molecule has 0 amide bonds. The number of hydrogen-bond donors (Lipinski definition) is 1. The fourth-order valence-corrected chi connectivity index (χ4v) is 0.889. The maximum atomic E-state index is 8.87. The van der Waals surface area contributed by atoms with E-state index in [0.29, 0.717) is 0 Å². The predicted molar refractivity (Wildman–Crippen MR) is 40.3 cm³/mol. The van der Waals surface area contributed by atoms with Gasteiger partial charge in [-0.15, -0.1) is 0 Å². The molecule has 0 aromatic heterocycles. The minimum Gasteiger partial charge on any atom is -0.389 e. The normalized spacial score (nSPS) is 15.8. The average molecular weight is 128 g/mol. The van der Waals surface area contributed by atoms with Gasteiger partial charge in [-0.25, -0.2) is 0 Å². The van der Waals surface area contributed by atoms with Crippen molar-refractivity contribution in [2.75, 3.05) is 0 Å². The zero-order chi connectivity index (χ0) is 7.28. The molecule has 54 valence electrons.